The second-order valence-corrected chi connectivity index (χ2v) is 14.5. The van der Waals surface area contributed by atoms with E-state index in [1.807, 2.05) is 24.3 Å². The Morgan fingerprint density at radius 3 is 2.08 bits per heavy atom. The van der Waals surface area contributed by atoms with Gasteiger partial charge in [0.2, 0.25) is 5.69 Å². The SMILES string of the molecule is CCCCN1/C(=C/C2=C(C3=C(O)c4ccccc4C3=O)C(=C/C3=[N+](CCCC)c4ccccc4C3(C)C)/C2=O)C(C)(C)c2ccccc21. The van der Waals surface area contributed by atoms with Crippen LogP contribution in [0.15, 0.2) is 113 Å². The number of hydrogen-bond donors (Lipinski definition) is 1. The quantitative estimate of drug-likeness (QED) is 0.188. The zero-order valence-corrected chi connectivity index (χ0v) is 29.0. The lowest BCUT2D eigenvalue weighted by Gasteiger charge is -2.31. The first-order valence-corrected chi connectivity index (χ1v) is 17.5. The van der Waals surface area contributed by atoms with Crippen molar-refractivity contribution in [3.05, 3.63) is 135 Å². The Labute approximate surface area is 284 Å². The second-order valence-electron chi connectivity index (χ2n) is 14.5. The van der Waals surface area contributed by atoms with Crippen LogP contribution in [0.3, 0.4) is 0 Å². The largest absolute Gasteiger partial charge is 0.507 e. The zero-order valence-electron chi connectivity index (χ0n) is 29.0. The van der Waals surface area contributed by atoms with Gasteiger partial charge in [0.1, 0.15) is 12.3 Å². The molecule has 0 fully saturated rings. The number of ketones is 2. The monoisotopic (exact) mass is 637 g/mol. The minimum absolute atomic E-state index is 0.0569. The minimum atomic E-state index is -0.359. The molecule has 5 nitrogen and oxygen atoms in total. The summed E-state index contributed by atoms with van der Waals surface area (Å²) in [5.41, 5.74) is 8.81. The van der Waals surface area contributed by atoms with E-state index in [0.29, 0.717) is 27.8 Å². The summed E-state index contributed by atoms with van der Waals surface area (Å²) in [4.78, 5) is 31.0. The smallest absolute Gasteiger partial charge is 0.209 e. The van der Waals surface area contributed by atoms with Crippen LogP contribution in [0.4, 0.5) is 11.4 Å². The third-order valence-corrected chi connectivity index (χ3v) is 10.8. The number of carbonyl (C=O) groups is 2. The highest BCUT2D eigenvalue weighted by atomic mass is 16.3. The molecule has 0 atom stereocenters. The van der Waals surface area contributed by atoms with Crippen LogP contribution >= 0.6 is 0 Å². The number of nitrogens with zero attached hydrogens (tertiary/aromatic N) is 2. The van der Waals surface area contributed by atoms with E-state index in [-0.39, 0.29) is 33.7 Å². The summed E-state index contributed by atoms with van der Waals surface area (Å²) in [6.45, 7) is 14.9. The number of aliphatic hydroxyl groups is 1. The van der Waals surface area contributed by atoms with Gasteiger partial charge in [-0.3, -0.25) is 9.59 Å². The molecule has 0 radical (unpaired) electrons. The van der Waals surface area contributed by atoms with Crippen molar-refractivity contribution in [1.82, 2.24) is 0 Å². The van der Waals surface area contributed by atoms with Gasteiger partial charge in [0, 0.05) is 75.3 Å². The topological polar surface area (TPSA) is 60.6 Å². The molecule has 3 aromatic carbocycles. The van der Waals surface area contributed by atoms with Gasteiger partial charge < -0.3 is 10.0 Å². The highest BCUT2D eigenvalue weighted by Crippen LogP contribution is 2.51. The van der Waals surface area contributed by atoms with Crippen LogP contribution in [0.2, 0.25) is 0 Å². The number of para-hydroxylation sites is 2. The molecule has 0 spiro atoms. The van der Waals surface area contributed by atoms with Crippen LogP contribution in [-0.4, -0.2) is 40.0 Å². The Bertz CT molecular complexity index is 2050. The molecule has 5 heteroatoms. The molecular formula is C43H45N2O3+. The number of allylic oxidation sites excluding steroid dienone is 7. The summed E-state index contributed by atoms with van der Waals surface area (Å²) in [7, 11) is 0. The van der Waals surface area contributed by atoms with Crippen molar-refractivity contribution in [2.24, 2.45) is 0 Å². The van der Waals surface area contributed by atoms with Crippen molar-refractivity contribution in [2.45, 2.75) is 78.1 Å². The van der Waals surface area contributed by atoms with Crippen LogP contribution in [0.25, 0.3) is 5.76 Å². The molecule has 0 saturated heterocycles. The third kappa shape index (κ3) is 4.62. The fourth-order valence-electron chi connectivity index (χ4n) is 8.09. The Morgan fingerprint density at radius 1 is 0.729 bits per heavy atom. The normalized spacial score (nSPS) is 20.7. The van der Waals surface area contributed by atoms with Gasteiger partial charge in [-0.25, -0.2) is 0 Å². The first-order valence-electron chi connectivity index (χ1n) is 17.5. The lowest BCUT2D eigenvalue weighted by atomic mass is 9.72. The van der Waals surface area contributed by atoms with Crippen LogP contribution in [0.1, 0.15) is 94.3 Å². The van der Waals surface area contributed by atoms with Crippen molar-refractivity contribution < 1.29 is 19.3 Å². The average molecular weight is 638 g/mol. The predicted octanol–water partition coefficient (Wildman–Crippen LogP) is 9.32. The Kier molecular flexibility index (Phi) is 7.77. The van der Waals surface area contributed by atoms with Crippen molar-refractivity contribution in [3.63, 3.8) is 0 Å². The Balaban J connectivity index is 1.46. The van der Waals surface area contributed by atoms with Crippen LogP contribution in [-0.2, 0) is 15.6 Å². The summed E-state index contributed by atoms with van der Waals surface area (Å²) < 4.78 is 2.34. The summed E-state index contributed by atoms with van der Waals surface area (Å²) in [6, 6.07) is 24.1. The van der Waals surface area contributed by atoms with Crippen molar-refractivity contribution in [1.29, 1.82) is 0 Å². The molecule has 0 saturated carbocycles. The third-order valence-electron chi connectivity index (χ3n) is 10.8. The molecule has 2 aliphatic heterocycles. The standard InChI is InChI=1S/C43H44N2O3/c1-7-9-23-44-33-21-15-13-19-31(33)42(3,4)35(44)25-29-37(38-40(47)27-17-11-12-18-28(27)41(38)48)30(39(29)46)26-36-43(5,6)32-20-14-16-22-34(32)45(36)24-10-8-2/h11-22,25-26H,7-10,23-24H2,1-6H3/p+1. The van der Waals surface area contributed by atoms with Gasteiger partial charge in [-0.1, -0.05) is 101 Å². The summed E-state index contributed by atoms with van der Waals surface area (Å²) in [5.74, 6) is -0.400. The molecule has 7 rings (SSSR count). The first-order chi connectivity index (χ1) is 23.0. The predicted molar refractivity (Wildman–Crippen MR) is 194 cm³/mol. The molecule has 2 heterocycles. The molecule has 4 aliphatic rings. The molecule has 0 unspecified atom stereocenters. The van der Waals surface area contributed by atoms with E-state index >= 15 is 0 Å². The molecule has 3 aromatic rings. The fourth-order valence-corrected chi connectivity index (χ4v) is 8.09. The maximum Gasteiger partial charge on any atom is 0.209 e. The molecule has 0 amide bonds. The lowest BCUT2D eigenvalue weighted by Crippen LogP contribution is -2.33. The van der Waals surface area contributed by atoms with Crippen molar-refractivity contribution in [3.8, 4) is 0 Å². The number of anilines is 1. The van der Waals surface area contributed by atoms with Gasteiger partial charge in [0.15, 0.2) is 17.3 Å². The van der Waals surface area contributed by atoms with Crippen molar-refractivity contribution in [2.75, 3.05) is 18.0 Å². The van der Waals surface area contributed by atoms with E-state index in [9.17, 15) is 14.7 Å². The molecule has 48 heavy (non-hydrogen) atoms. The maximum absolute atomic E-state index is 14.6. The number of Topliss-reactive ketones (excluding diaryl/α,β-unsaturated/α-hetero) is 2. The number of unbranched alkanes of at least 4 members (excludes halogenated alkanes) is 2. The molecule has 244 valence electrons. The van der Waals surface area contributed by atoms with E-state index in [0.717, 1.165) is 61.6 Å². The van der Waals surface area contributed by atoms with Gasteiger partial charge >= 0.3 is 0 Å². The number of aliphatic hydroxyl groups excluding tert-OH is 1. The van der Waals surface area contributed by atoms with Crippen LogP contribution in [0.5, 0.6) is 0 Å². The number of benzene rings is 3. The number of hydrogen-bond acceptors (Lipinski definition) is 4. The summed E-state index contributed by atoms with van der Waals surface area (Å²) >= 11 is 0. The number of rotatable bonds is 9. The number of carbonyl (C=O) groups excluding carboxylic acids is 2. The summed E-state index contributed by atoms with van der Waals surface area (Å²) in [6.07, 6.45) is 8.13. The van der Waals surface area contributed by atoms with E-state index in [1.54, 1.807) is 12.1 Å². The molecule has 0 bridgehead atoms. The van der Waals surface area contributed by atoms with E-state index < -0.39 is 0 Å². The highest BCUT2D eigenvalue weighted by Gasteiger charge is 2.49. The fraction of sp³-hybridized carbons (Fsp3) is 0.326. The minimum Gasteiger partial charge on any atom is -0.507 e. The van der Waals surface area contributed by atoms with Gasteiger partial charge in [0.05, 0.1) is 11.0 Å². The average Bonchev–Trinajstić information content (AvgIpc) is 3.56. The molecule has 2 aliphatic carbocycles. The van der Waals surface area contributed by atoms with Gasteiger partial charge in [-0.2, -0.15) is 4.58 Å². The molecule has 1 N–H and O–H groups in total. The summed E-state index contributed by atoms with van der Waals surface area (Å²) in [5, 5.41) is 11.7. The molecular weight excluding hydrogens is 592 g/mol. The van der Waals surface area contributed by atoms with Crippen LogP contribution < -0.4 is 4.90 Å². The first kappa shape index (κ1) is 31.8. The van der Waals surface area contributed by atoms with E-state index in [1.165, 1.54) is 11.1 Å². The Morgan fingerprint density at radius 2 is 1.38 bits per heavy atom. The zero-order chi connectivity index (χ0) is 34.0. The van der Waals surface area contributed by atoms with Gasteiger partial charge in [-0.05, 0) is 38.0 Å². The second kappa shape index (κ2) is 11.7. The lowest BCUT2D eigenvalue weighted by molar-refractivity contribution is -0.438. The van der Waals surface area contributed by atoms with E-state index in [4.69, 9.17) is 0 Å². The van der Waals surface area contributed by atoms with Gasteiger partial charge in [0.25, 0.3) is 0 Å². The van der Waals surface area contributed by atoms with Crippen molar-refractivity contribution >= 4 is 34.4 Å². The maximum atomic E-state index is 14.6. The van der Waals surface area contributed by atoms with Gasteiger partial charge in [-0.15, -0.1) is 0 Å². The molecule has 0 aromatic heterocycles. The Hall–Kier alpha value is -4.77. The van der Waals surface area contributed by atoms with E-state index in [2.05, 4.69) is 99.5 Å². The number of fused-ring (bicyclic) bond motifs is 3. The van der Waals surface area contributed by atoms with Crippen LogP contribution in [0, 0.1) is 0 Å². The highest BCUT2D eigenvalue weighted by molar-refractivity contribution is 6.33.